The highest BCUT2D eigenvalue weighted by atomic mass is 32.1. The molecule has 5 heteroatoms. The number of nitrogens with zero attached hydrogens (tertiary/aromatic N) is 2. The van der Waals surface area contributed by atoms with Crippen LogP contribution in [0.4, 0.5) is 5.13 Å². The topological polar surface area (TPSA) is 47.0 Å². The van der Waals surface area contributed by atoms with E-state index in [9.17, 15) is 0 Å². The number of ether oxygens (including phenoxy) is 1. The second-order valence-corrected chi connectivity index (χ2v) is 5.63. The van der Waals surface area contributed by atoms with Gasteiger partial charge in [-0.25, -0.2) is 4.98 Å². The van der Waals surface area contributed by atoms with E-state index in [1.54, 1.807) is 0 Å². The van der Waals surface area contributed by atoms with E-state index in [2.05, 4.69) is 42.4 Å². The van der Waals surface area contributed by atoms with Crippen molar-refractivity contribution in [2.75, 3.05) is 18.5 Å². The molecule has 0 saturated heterocycles. The van der Waals surface area contributed by atoms with E-state index >= 15 is 0 Å². The average Bonchev–Trinajstić information content (AvgIpc) is 2.62. The molecule has 1 unspecified atom stereocenters. The Morgan fingerprint density at radius 2 is 2.12 bits per heavy atom. The first-order valence-electron chi connectivity index (χ1n) is 5.62. The van der Waals surface area contributed by atoms with Gasteiger partial charge in [-0.3, -0.25) is 0 Å². The first-order chi connectivity index (χ1) is 7.43. The van der Waals surface area contributed by atoms with Crippen molar-refractivity contribution in [3.8, 4) is 0 Å². The van der Waals surface area contributed by atoms with Crippen LogP contribution in [0.15, 0.2) is 0 Å². The molecule has 1 aromatic heterocycles. The zero-order valence-electron chi connectivity index (χ0n) is 10.7. The van der Waals surface area contributed by atoms with Crippen LogP contribution in [0.2, 0.25) is 0 Å². The van der Waals surface area contributed by atoms with E-state index < -0.39 is 0 Å². The lowest BCUT2D eigenvalue weighted by atomic mass is 9.96. The van der Waals surface area contributed by atoms with Gasteiger partial charge in [0.05, 0.1) is 6.61 Å². The summed E-state index contributed by atoms with van der Waals surface area (Å²) in [6.07, 6.45) is 0. The average molecular weight is 243 g/mol. The zero-order chi connectivity index (χ0) is 12.2. The van der Waals surface area contributed by atoms with Gasteiger partial charge in [-0.1, -0.05) is 20.8 Å². The second kappa shape index (κ2) is 5.59. The van der Waals surface area contributed by atoms with Crippen LogP contribution in [0.25, 0.3) is 0 Å². The lowest BCUT2D eigenvalue weighted by Crippen LogP contribution is -2.22. The van der Waals surface area contributed by atoms with E-state index in [1.165, 1.54) is 11.5 Å². The van der Waals surface area contributed by atoms with Crippen LogP contribution < -0.4 is 5.32 Å². The third-order valence-electron chi connectivity index (χ3n) is 2.04. The lowest BCUT2D eigenvalue weighted by molar-refractivity contribution is 0.141. The molecule has 0 spiro atoms. The second-order valence-electron chi connectivity index (χ2n) is 4.88. The van der Waals surface area contributed by atoms with Crippen LogP contribution in [0.3, 0.4) is 0 Å². The molecule has 0 radical (unpaired) electrons. The molecule has 1 aromatic rings. The van der Waals surface area contributed by atoms with Crippen LogP contribution >= 0.6 is 11.5 Å². The Morgan fingerprint density at radius 3 is 2.62 bits per heavy atom. The van der Waals surface area contributed by atoms with Crippen molar-refractivity contribution >= 4 is 16.7 Å². The predicted molar refractivity (Wildman–Crippen MR) is 68.2 cm³/mol. The third-order valence-corrected chi connectivity index (χ3v) is 2.68. The summed E-state index contributed by atoms with van der Waals surface area (Å²) >= 11 is 1.41. The highest BCUT2D eigenvalue weighted by molar-refractivity contribution is 7.09. The molecule has 16 heavy (non-hydrogen) atoms. The van der Waals surface area contributed by atoms with Crippen LogP contribution in [-0.4, -0.2) is 28.6 Å². The van der Waals surface area contributed by atoms with Gasteiger partial charge >= 0.3 is 0 Å². The van der Waals surface area contributed by atoms with E-state index in [1.807, 2.05) is 6.92 Å². The molecule has 0 bridgehead atoms. The summed E-state index contributed by atoms with van der Waals surface area (Å²) in [5.41, 5.74) is 0.0135. The highest BCUT2D eigenvalue weighted by Gasteiger charge is 2.19. The van der Waals surface area contributed by atoms with Gasteiger partial charge in [-0.15, -0.1) is 0 Å². The standard InChI is InChI=1S/C11H21N3OS/c1-6-15-7-8(2)12-10-13-9(14-16-10)11(3,4)5/h8H,6-7H2,1-5H3,(H,12,13,14). The van der Waals surface area contributed by atoms with Gasteiger partial charge in [0.25, 0.3) is 0 Å². The van der Waals surface area contributed by atoms with Gasteiger partial charge in [0.1, 0.15) is 5.82 Å². The fraction of sp³-hybridized carbons (Fsp3) is 0.818. The van der Waals surface area contributed by atoms with Crippen molar-refractivity contribution in [2.24, 2.45) is 0 Å². The molecule has 4 nitrogen and oxygen atoms in total. The molecular formula is C11H21N3OS. The summed E-state index contributed by atoms with van der Waals surface area (Å²) in [7, 11) is 0. The lowest BCUT2D eigenvalue weighted by Gasteiger charge is -2.13. The van der Waals surface area contributed by atoms with Crippen LogP contribution in [-0.2, 0) is 10.2 Å². The van der Waals surface area contributed by atoms with E-state index in [4.69, 9.17) is 4.74 Å². The van der Waals surface area contributed by atoms with Gasteiger partial charge in [0, 0.05) is 29.6 Å². The summed E-state index contributed by atoms with van der Waals surface area (Å²) in [4.78, 5) is 4.47. The summed E-state index contributed by atoms with van der Waals surface area (Å²) in [5.74, 6) is 0.892. The normalized spacial score (nSPS) is 13.8. The zero-order valence-corrected chi connectivity index (χ0v) is 11.5. The van der Waals surface area contributed by atoms with Crippen molar-refractivity contribution in [3.63, 3.8) is 0 Å². The molecule has 0 aromatic carbocycles. The Hall–Kier alpha value is -0.680. The summed E-state index contributed by atoms with van der Waals surface area (Å²) in [6.45, 7) is 11.9. The number of anilines is 1. The van der Waals surface area contributed by atoms with Gasteiger partial charge in [0.2, 0.25) is 5.13 Å². The number of rotatable bonds is 5. The van der Waals surface area contributed by atoms with Crippen LogP contribution in [0.5, 0.6) is 0 Å². The summed E-state index contributed by atoms with van der Waals surface area (Å²) < 4.78 is 9.68. The van der Waals surface area contributed by atoms with Crippen molar-refractivity contribution in [1.82, 2.24) is 9.36 Å². The van der Waals surface area contributed by atoms with E-state index in [0.717, 1.165) is 17.6 Å². The van der Waals surface area contributed by atoms with Gasteiger partial charge in [-0.2, -0.15) is 4.37 Å². The fourth-order valence-corrected chi connectivity index (χ4v) is 2.00. The Morgan fingerprint density at radius 1 is 1.44 bits per heavy atom. The molecule has 92 valence electrons. The van der Waals surface area contributed by atoms with E-state index in [-0.39, 0.29) is 11.5 Å². The van der Waals surface area contributed by atoms with E-state index in [0.29, 0.717) is 6.61 Å². The Bertz CT molecular complexity index is 319. The maximum Gasteiger partial charge on any atom is 0.202 e. The van der Waals surface area contributed by atoms with Gasteiger partial charge < -0.3 is 10.1 Å². The molecule has 0 fully saturated rings. The van der Waals surface area contributed by atoms with Crippen LogP contribution in [0, 0.1) is 0 Å². The Kier molecular flexibility index (Phi) is 4.68. The molecule has 0 aliphatic carbocycles. The number of hydrogen-bond acceptors (Lipinski definition) is 5. The Labute approximate surface area is 102 Å². The van der Waals surface area contributed by atoms with Crippen molar-refractivity contribution in [2.45, 2.75) is 46.1 Å². The van der Waals surface area contributed by atoms with Crippen molar-refractivity contribution in [1.29, 1.82) is 0 Å². The minimum Gasteiger partial charge on any atom is -0.380 e. The van der Waals surface area contributed by atoms with Crippen molar-refractivity contribution < 1.29 is 4.74 Å². The molecule has 0 amide bonds. The smallest absolute Gasteiger partial charge is 0.202 e. The molecule has 1 heterocycles. The largest absolute Gasteiger partial charge is 0.380 e. The first kappa shape index (κ1) is 13.4. The van der Waals surface area contributed by atoms with Gasteiger partial charge in [-0.05, 0) is 13.8 Å². The molecule has 1 N–H and O–H groups in total. The molecule has 0 saturated carbocycles. The quantitative estimate of drug-likeness (QED) is 0.863. The summed E-state index contributed by atoms with van der Waals surface area (Å²) in [6, 6.07) is 0.265. The monoisotopic (exact) mass is 243 g/mol. The maximum atomic E-state index is 5.34. The molecule has 1 rings (SSSR count). The van der Waals surface area contributed by atoms with Gasteiger partial charge in [0.15, 0.2) is 0 Å². The third kappa shape index (κ3) is 4.06. The van der Waals surface area contributed by atoms with Crippen molar-refractivity contribution in [3.05, 3.63) is 5.82 Å². The first-order valence-corrected chi connectivity index (χ1v) is 6.39. The number of hydrogen-bond donors (Lipinski definition) is 1. The minimum atomic E-state index is 0.0135. The molecule has 0 aliphatic rings. The Balaban J connectivity index is 2.52. The minimum absolute atomic E-state index is 0.0135. The predicted octanol–water partition coefficient (Wildman–Crippen LogP) is 2.67. The van der Waals surface area contributed by atoms with Crippen LogP contribution in [0.1, 0.15) is 40.4 Å². The molecule has 1 atom stereocenters. The SMILES string of the molecule is CCOCC(C)Nc1nc(C(C)(C)C)ns1. The fourth-order valence-electron chi connectivity index (χ4n) is 1.13. The summed E-state index contributed by atoms with van der Waals surface area (Å²) in [5, 5.41) is 4.16. The molecular weight excluding hydrogens is 222 g/mol. The molecule has 0 aliphatic heterocycles. The highest BCUT2D eigenvalue weighted by Crippen LogP contribution is 2.23. The maximum absolute atomic E-state index is 5.34. The number of aromatic nitrogens is 2. The number of nitrogens with one attached hydrogen (secondary N) is 1.